The van der Waals surface area contributed by atoms with E-state index in [9.17, 15) is 4.79 Å². The van der Waals surface area contributed by atoms with Crippen molar-refractivity contribution in [1.82, 2.24) is 0 Å². The first-order valence-electron chi connectivity index (χ1n) is 2.45. The molecule has 1 N–H and O–H groups in total. The lowest BCUT2D eigenvalue weighted by molar-refractivity contribution is 0.0898. The van der Waals surface area contributed by atoms with E-state index < -0.39 is 21.8 Å². The second kappa shape index (κ2) is 4.91. The van der Waals surface area contributed by atoms with Gasteiger partial charge in [0.1, 0.15) is 6.61 Å². The molecule has 0 heterocycles. The minimum Gasteiger partial charge on any atom is -0.472 e. The highest BCUT2D eigenvalue weighted by Crippen LogP contribution is 2.25. The fourth-order valence-electron chi connectivity index (χ4n) is 0.242. The van der Waals surface area contributed by atoms with Crippen LogP contribution in [0.25, 0.3) is 0 Å². The predicted molar refractivity (Wildman–Crippen MR) is 47.9 cm³/mol. The van der Waals surface area contributed by atoms with Crippen LogP contribution in [0.3, 0.4) is 0 Å². The number of halogens is 3. The van der Waals surface area contributed by atoms with Crippen LogP contribution in [0.15, 0.2) is 0 Å². The van der Waals surface area contributed by atoms with Crippen LogP contribution in [0.2, 0.25) is 0 Å². The smallest absolute Gasteiger partial charge is 0.472 e. The van der Waals surface area contributed by atoms with Crippen LogP contribution in [0.5, 0.6) is 0 Å². The van der Waals surface area contributed by atoms with Gasteiger partial charge in [-0.05, 0) is 0 Å². The molecular formula is C4H3Cl3O4S. The van der Waals surface area contributed by atoms with Gasteiger partial charge in [0.25, 0.3) is 0 Å². The number of aliphatic hydroxyl groups is 1. The van der Waals surface area contributed by atoms with Gasteiger partial charge in [-0.2, -0.15) is 0 Å². The van der Waals surface area contributed by atoms with Crippen molar-refractivity contribution in [2.75, 3.05) is 6.61 Å². The molecule has 0 aromatic carbocycles. The van der Waals surface area contributed by atoms with Crippen LogP contribution in [0, 0.1) is 0 Å². The Morgan fingerprint density at radius 1 is 1.50 bits per heavy atom. The van der Waals surface area contributed by atoms with Crippen molar-refractivity contribution in [3.63, 3.8) is 0 Å². The molecule has 0 atom stereocenters. The standard InChI is InChI=1S/C4H3Cl3O4S/c5-4(6,7)1-10-2(8)11-3(9)12/h1H2,(H,9,12). The molecule has 0 aliphatic carbocycles. The van der Waals surface area contributed by atoms with E-state index in [1.807, 2.05) is 0 Å². The minimum absolute atomic E-state index is 0.487. The molecule has 0 aromatic heterocycles. The zero-order valence-corrected chi connectivity index (χ0v) is 8.51. The Morgan fingerprint density at radius 3 is 2.33 bits per heavy atom. The highest BCUT2D eigenvalue weighted by Gasteiger charge is 2.23. The van der Waals surface area contributed by atoms with E-state index in [1.54, 1.807) is 0 Å². The average Bonchev–Trinajstić information content (AvgIpc) is 1.80. The van der Waals surface area contributed by atoms with Crippen molar-refractivity contribution in [2.45, 2.75) is 3.79 Å². The molecule has 0 saturated heterocycles. The number of alkyl halides is 3. The molecule has 0 radical (unpaired) electrons. The van der Waals surface area contributed by atoms with E-state index in [0.29, 0.717) is 0 Å². The van der Waals surface area contributed by atoms with Crippen LogP contribution in [0.4, 0.5) is 4.79 Å². The van der Waals surface area contributed by atoms with Crippen molar-refractivity contribution < 1.29 is 19.4 Å². The molecule has 0 bridgehead atoms. The number of hydrogen-bond acceptors (Lipinski definition) is 4. The third-order valence-corrected chi connectivity index (χ3v) is 0.935. The van der Waals surface area contributed by atoms with Crippen LogP contribution < -0.4 is 0 Å². The van der Waals surface area contributed by atoms with Gasteiger partial charge in [-0.1, -0.05) is 34.8 Å². The lowest BCUT2D eigenvalue weighted by Crippen LogP contribution is -2.19. The fraction of sp³-hybridized carbons (Fsp3) is 0.500. The Morgan fingerprint density at radius 2 is 2.00 bits per heavy atom. The van der Waals surface area contributed by atoms with Crippen LogP contribution in [-0.4, -0.2) is 26.9 Å². The molecule has 12 heavy (non-hydrogen) atoms. The van der Waals surface area contributed by atoms with Gasteiger partial charge in [-0.25, -0.2) is 4.79 Å². The third-order valence-electron chi connectivity index (χ3n) is 0.524. The maximum absolute atomic E-state index is 10.4. The molecule has 0 amide bonds. The first kappa shape index (κ1) is 12.0. The summed E-state index contributed by atoms with van der Waals surface area (Å²) in [6.07, 6.45) is -1.23. The number of carbonyl (C=O) groups excluding carboxylic acids is 1. The monoisotopic (exact) mass is 252 g/mol. The Bertz CT molecular complexity index is 189. The molecule has 0 saturated carbocycles. The van der Waals surface area contributed by atoms with Crippen LogP contribution in [0.1, 0.15) is 0 Å². The lowest BCUT2D eigenvalue weighted by Gasteiger charge is -2.09. The van der Waals surface area contributed by atoms with Gasteiger partial charge in [0, 0.05) is 12.2 Å². The van der Waals surface area contributed by atoms with Crippen molar-refractivity contribution in [2.24, 2.45) is 0 Å². The van der Waals surface area contributed by atoms with Gasteiger partial charge in [0.15, 0.2) is 0 Å². The second-order valence-electron chi connectivity index (χ2n) is 1.52. The summed E-state index contributed by atoms with van der Waals surface area (Å²) in [5.41, 5.74) is 0. The van der Waals surface area contributed by atoms with E-state index in [1.165, 1.54) is 0 Å². The summed E-state index contributed by atoms with van der Waals surface area (Å²) in [5, 5.41) is 7.31. The quantitative estimate of drug-likeness (QED) is 0.442. The highest BCUT2D eigenvalue weighted by atomic mass is 35.6. The first-order chi connectivity index (χ1) is 5.31. The Balaban J connectivity index is 3.65. The van der Waals surface area contributed by atoms with E-state index >= 15 is 0 Å². The van der Waals surface area contributed by atoms with Crippen molar-refractivity contribution in [3.05, 3.63) is 0 Å². The molecule has 0 rings (SSSR count). The highest BCUT2D eigenvalue weighted by molar-refractivity contribution is 7.79. The number of thiocarbonyl (C=S) groups is 1. The number of hydrogen-bond donors (Lipinski definition) is 1. The largest absolute Gasteiger partial charge is 0.517 e. The zero-order chi connectivity index (χ0) is 9.78. The number of carbonyl (C=O) groups is 1. The summed E-state index contributed by atoms with van der Waals surface area (Å²) in [7, 11) is 0. The third kappa shape index (κ3) is 8.13. The first-order valence-corrected chi connectivity index (χ1v) is 4.00. The van der Waals surface area contributed by atoms with E-state index in [0.717, 1.165) is 0 Å². The van der Waals surface area contributed by atoms with E-state index in [4.69, 9.17) is 39.9 Å². The van der Waals surface area contributed by atoms with Gasteiger partial charge < -0.3 is 14.6 Å². The molecule has 0 aliphatic heterocycles. The topological polar surface area (TPSA) is 55.8 Å². The number of aliphatic hydroxyl groups excluding tert-OH is 1. The molecule has 4 nitrogen and oxygen atoms in total. The molecule has 70 valence electrons. The fourth-order valence-corrected chi connectivity index (χ4v) is 0.473. The zero-order valence-electron chi connectivity index (χ0n) is 5.42. The van der Waals surface area contributed by atoms with E-state index in [2.05, 4.69) is 21.7 Å². The maximum atomic E-state index is 10.4. The lowest BCUT2D eigenvalue weighted by atomic mass is 10.8. The molecule has 0 fully saturated rings. The molecular weight excluding hydrogens is 250 g/mol. The summed E-state index contributed by atoms with van der Waals surface area (Å²) in [5.74, 6) is 0. The van der Waals surface area contributed by atoms with Gasteiger partial charge in [-0.15, -0.1) is 0 Å². The average molecular weight is 253 g/mol. The van der Waals surface area contributed by atoms with Crippen LogP contribution >= 0.6 is 47.0 Å². The van der Waals surface area contributed by atoms with Crippen LogP contribution in [-0.2, 0) is 9.47 Å². The van der Waals surface area contributed by atoms with Crippen molar-refractivity contribution in [3.8, 4) is 0 Å². The summed E-state index contributed by atoms with van der Waals surface area (Å²) >= 11 is 19.7. The molecule has 0 unspecified atom stereocenters. The summed E-state index contributed by atoms with van der Waals surface area (Å²) in [6.45, 7) is -0.487. The normalized spacial score (nSPS) is 10.6. The van der Waals surface area contributed by atoms with E-state index in [-0.39, 0.29) is 0 Å². The molecule has 0 aromatic rings. The van der Waals surface area contributed by atoms with Gasteiger partial charge in [-0.3, -0.25) is 0 Å². The summed E-state index contributed by atoms with van der Waals surface area (Å²) in [4.78, 5) is 10.4. The van der Waals surface area contributed by atoms with Gasteiger partial charge in [0.05, 0.1) is 0 Å². The van der Waals surface area contributed by atoms with Gasteiger partial charge in [0.2, 0.25) is 3.79 Å². The predicted octanol–water partition coefficient (Wildman–Crippen LogP) is 2.35. The molecule has 0 aliphatic rings. The second-order valence-corrected chi connectivity index (χ2v) is 4.39. The SMILES string of the molecule is O=C(OCC(Cl)(Cl)Cl)OC(O)=S. The summed E-state index contributed by atoms with van der Waals surface area (Å²) in [6, 6.07) is 0. The molecule has 8 heteroatoms. The minimum atomic E-state index is -1.71. The number of rotatable bonds is 1. The Hall–Kier alpha value is 0.0300. The maximum Gasteiger partial charge on any atom is 0.517 e. The van der Waals surface area contributed by atoms with Crippen molar-refractivity contribution in [1.29, 1.82) is 0 Å². The molecule has 0 spiro atoms. The Kier molecular flexibility index (Phi) is 4.92. The van der Waals surface area contributed by atoms with Gasteiger partial charge >= 0.3 is 11.4 Å². The summed E-state index contributed by atoms with van der Waals surface area (Å²) < 4.78 is 6.40. The van der Waals surface area contributed by atoms with Crippen molar-refractivity contribution >= 4 is 58.4 Å². The Labute approximate surface area is 88.3 Å². The number of ether oxygens (including phenoxy) is 2.